The lowest BCUT2D eigenvalue weighted by Gasteiger charge is -2.03. The van der Waals surface area contributed by atoms with Crippen molar-refractivity contribution in [2.45, 2.75) is 10.1 Å². The van der Waals surface area contributed by atoms with Crippen LogP contribution in [-0.4, -0.2) is 33.0 Å². The maximum Gasteiger partial charge on any atom is 0.145 e. The number of benzene rings is 2. The summed E-state index contributed by atoms with van der Waals surface area (Å²) in [5.41, 5.74) is 4.17. The van der Waals surface area contributed by atoms with Crippen LogP contribution in [0.3, 0.4) is 0 Å². The molecule has 0 radical (unpaired) electrons. The fourth-order valence-electron chi connectivity index (χ4n) is 4.11. The predicted octanol–water partition coefficient (Wildman–Crippen LogP) is 7.13. The Morgan fingerprint density at radius 1 is 0.556 bits per heavy atom. The zero-order chi connectivity index (χ0) is 24.5. The predicted molar refractivity (Wildman–Crippen MR) is 146 cm³/mol. The van der Waals surface area contributed by atoms with Crippen molar-refractivity contribution in [3.63, 3.8) is 0 Å². The van der Waals surface area contributed by atoms with Crippen molar-refractivity contribution >= 4 is 32.6 Å². The molecule has 0 saturated carbocycles. The molecule has 0 atom stereocenters. The summed E-state index contributed by atoms with van der Waals surface area (Å²) in [4.78, 5) is 10.0. The van der Waals surface area contributed by atoms with E-state index in [4.69, 9.17) is 19.4 Å². The number of fused-ring (bicyclic) bond motifs is 2. The lowest BCUT2D eigenvalue weighted by Crippen LogP contribution is -1.89. The van der Waals surface area contributed by atoms with Crippen LogP contribution in [0.25, 0.3) is 33.8 Å². The third kappa shape index (κ3) is 4.08. The first-order chi connectivity index (χ1) is 17.7. The van der Waals surface area contributed by atoms with E-state index >= 15 is 0 Å². The van der Waals surface area contributed by atoms with Gasteiger partial charge in [0.25, 0.3) is 0 Å². The largest absolute Gasteiger partial charge is 0.497 e. The zero-order valence-corrected chi connectivity index (χ0v) is 21.3. The number of ether oxygens (including phenoxy) is 2. The van der Waals surface area contributed by atoms with E-state index in [-0.39, 0.29) is 0 Å². The summed E-state index contributed by atoms with van der Waals surface area (Å²) in [6.45, 7) is 0. The quantitative estimate of drug-likeness (QED) is 0.213. The van der Waals surface area contributed by atoms with Crippen molar-refractivity contribution in [1.29, 1.82) is 0 Å². The fourth-order valence-corrected chi connectivity index (χ4v) is 6.23. The number of hydrogen-bond acceptors (Lipinski definition) is 6. The molecule has 0 spiro atoms. The molecule has 0 amide bonds. The van der Waals surface area contributed by atoms with Crippen LogP contribution < -0.4 is 9.47 Å². The molecule has 8 heteroatoms. The number of imidazole rings is 2. The highest BCUT2D eigenvalue weighted by atomic mass is 33.1. The Hall–Kier alpha value is -3.88. The van der Waals surface area contributed by atoms with Gasteiger partial charge in [0.05, 0.1) is 25.3 Å². The Morgan fingerprint density at radius 2 is 0.972 bits per heavy atom. The van der Waals surface area contributed by atoms with Gasteiger partial charge in [-0.2, -0.15) is 0 Å². The summed E-state index contributed by atoms with van der Waals surface area (Å²) in [6.07, 6.45) is 4.09. The maximum atomic E-state index is 5.32. The van der Waals surface area contributed by atoms with E-state index in [1.165, 1.54) is 0 Å². The number of methoxy groups -OCH3 is 2. The molecular formula is C28H22N4O2S2. The van der Waals surface area contributed by atoms with Gasteiger partial charge in [0, 0.05) is 23.5 Å². The number of hydrogen-bond donors (Lipinski definition) is 0. The summed E-state index contributed by atoms with van der Waals surface area (Å²) in [5, 5.41) is 1.88. The summed E-state index contributed by atoms with van der Waals surface area (Å²) in [5.74, 6) is 3.43. The molecule has 6 rings (SSSR count). The molecule has 0 unspecified atom stereocenters. The molecule has 6 nitrogen and oxygen atoms in total. The van der Waals surface area contributed by atoms with E-state index in [0.717, 1.165) is 55.4 Å². The Balaban J connectivity index is 1.35. The van der Waals surface area contributed by atoms with E-state index in [2.05, 4.69) is 20.9 Å². The highest BCUT2D eigenvalue weighted by molar-refractivity contribution is 8.76. The van der Waals surface area contributed by atoms with E-state index in [1.54, 1.807) is 35.8 Å². The Labute approximate surface area is 216 Å². The van der Waals surface area contributed by atoms with Crippen LogP contribution in [-0.2, 0) is 0 Å². The number of rotatable bonds is 7. The second-order valence-corrected chi connectivity index (χ2v) is 10.1. The molecule has 0 fully saturated rings. The van der Waals surface area contributed by atoms with Gasteiger partial charge >= 0.3 is 0 Å². The summed E-state index contributed by atoms with van der Waals surface area (Å²) >= 11 is 0. The molecule has 178 valence electrons. The van der Waals surface area contributed by atoms with Crippen LogP contribution in [0.2, 0.25) is 0 Å². The van der Waals surface area contributed by atoms with Gasteiger partial charge in [0.1, 0.15) is 33.2 Å². The van der Waals surface area contributed by atoms with Crippen molar-refractivity contribution < 1.29 is 9.47 Å². The summed E-state index contributed by atoms with van der Waals surface area (Å²) in [6, 6.07) is 28.3. The molecule has 4 heterocycles. The highest BCUT2D eigenvalue weighted by Crippen LogP contribution is 2.42. The molecule has 0 N–H and O–H groups in total. The average molecular weight is 511 g/mol. The molecule has 4 aromatic heterocycles. The molecule has 0 bridgehead atoms. The number of pyridine rings is 2. The Morgan fingerprint density at radius 3 is 1.36 bits per heavy atom. The van der Waals surface area contributed by atoms with Gasteiger partial charge in [-0.05, 0) is 94.4 Å². The maximum absolute atomic E-state index is 5.32. The molecular weight excluding hydrogens is 488 g/mol. The molecule has 36 heavy (non-hydrogen) atoms. The first-order valence-corrected chi connectivity index (χ1v) is 13.5. The van der Waals surface area contributed by atoms with Gasteiger partial charge in [-0.25, -0.2) is 9.97 Å². The minimum atomic E-state index is 0.823. The third-order valence-electron chi connectivity index (χ3n) is 5.93. The molecule has 0 aliphatic heterocycles. The molecule has 0 aliphatic carbocycles. The molecule has 6 aromatic rings. The minimum absolute atomic E-state index is 0.823. The first-order valence-electron chi connectivity index (χ1n) is 11.3. The van der Waals surface area contributed by atoms with Crippen LogP contribution in [0.4, 0.5) is 0 Å². The fraction of sp³-hybridized carbons (Fsp3) is 0.0714. The Bertz CT molecular complexity index is 1530. The van der Waals surface area contributed by atoms with Crippen molar-refractivity contribution in [3.8, 4) is 34.3 Å². The lowest BCUT2D eigenvalue weighted by atomic mass is 10.2. The second-order valence-electron chi connectivity index (χ2n) is 8.02. The van der Waals surface area contributed by atoms with E-state index in [9.17, 15) is 0 Å². The van der Waals surface area contributed by atoms with Crippen LogP contribution in [0.1, 0.15) is 0 Å². The highest BCUT2D eigenvalue weighted by Gasteiger charge is 2.17. The van der Waals surface area contributed by atoms with E-state index < -0.39 is 0 Å². The van der Waals surface area contributed by atoms with Crippen molar-refractivity contribution in [1.82, 2.24) is 18.8 Å². The average Bonchev–Trinajstić information content (AvgIpc) is 3.51. The van der Waals surface area contributed by atoms with Gasteiger partial charge in [-0.15, -0.1) is 0 Å². The van der Waals surface area contributed by atoms with Gasteiger partial charge < -0.3 is 9.47 Å². The number of nitrogens with zero attached hydrogens (tertiary/aromatic N) is 4. The van der Waals surface area contributed by atoms with Crippen molar-refractivity contribution in [3.05, 3.63) is 97.3 Å². The van der Waals surface area contributed by atoms with Gasteiger partial charge in [0.15, 0.2) is 0 Å². The molecule has 0 aliphatic rings. The number of aromatic nitrogens is 4. The normalized spacial score (nSPS) is 11.3. The SMILES string of the molecule is COc1ccc(-c2nc(SSc3nc(-c4ccc(OC)cc4)n4ccccc34)c3ccccn23)cc1. The van der Waals surface area contributed by atoms with Crippen LogP contribution >= 0.6 is 21.6 Å². The van der Waals surface area contributed by atoms with Gasteiger partial charge in [-0.1, -0.05) is 12.1 Å². The third-order valence-corrected chi connectivity index (χ3v) is 8.12. The monoisotopic (exact) mass is 510 g/mol. The topological polar surface area (TPSA) is 53.1 Å². The minimum Gasteiger partial charge on any atom is -0.497 e. The summed E-state index contributed by atoms with van der Waals surface area (Å²) < 4.78 is 14.9. The van der Waals surface area contributed by atoms with Gasteiger partial charge in [0.2, 0.25) is 0 Å². The lowest BCUT2D eigenvalue weighted by molar-refractivity contribution is 0.414. The Kier molecular flexibility index (Phi) is 6.04. The standard InChI is InChI=1S/C28H22N4O2S2/c1-33-21-13-9-19(10-14-21)25-29-27(23-7-3-5-17-31(23)25)35-36-28-24-8-4-6-18-32(24)26(30-28)20-11-15-22(34-2)16-12-20/h3-18H,1-2H3. The first kappa shape index (κ1) is 22.6. The van der Waals surface area contributed by atoms with Crippen LogP contribution in [0, 0.1) is 0 Å². The zero-order valence-electron chi connectivity index (χ0n) is 19.7. The van der Waals surface area contributed by atoms with Gasteiger partial charge in [-0.3, -0.25) is 8.80 Å². The van der Waals surface area contributed by atoms with E-state index in [0.29, 0.717) is 0 Å². The smallest absolute Gasteiger partial charge is 0.145 e. The molecule has 0 saturated heterocycles. The summed E-state index contributed by atoms with van der Waals surface area (Å²) in [7, 11) is 6.58. The van der Waals surface area contributed by atoms with Crippen molar-refractivity contribution in [2.75, 3.05) is 14.2 Å². The molecule has 2 aromatic carbocycles. The van der Waals surface area contributed by atoms with Crippen LogP contribution in [0.15, 0.2) is 107 Å². The second kappa shape index (κ2) is 9.64. The van der Waals surface area contributed by atoms with E-state index in [1.807, 2.05) is 85.2 Å². The van der Waals surface area contributed by atoms with Crippen molar-refractivity contribution in [2.24, 2.45) is 0 Å². The van der Waals surface area contributed by atoms with Crippen LogP contribution in [0.5, 0.6) is 11.5 Å².